The van der Waals surface area contributed by atoms with E-state index in [2.05, 4.69) is 0 Å². The molecule has 1 aliphatic heterocycles. The minimum atomic E-state index is -0.0489. The first kappa shape index (κ1) is 12.7. The second-order valence-corrected chi connectivity index (χ2v) is 4.96. The van der Waals surface area contributed by atoms with Gasteiger partial charge in [-0.2, -0.15) is 0 Å². The maximum absolute atomic E-state index is 12.0. The lowest BCUT2D eigenvalue weighted by molar-refractivity contribution is 0.174. The van der Waals surface area contributed by atoms with Gasteiger partial charge in [-0.1, -0.05) is 24.3 Å². The lowest BCUT2D eigenvalue weighted by Gasteiger charge is -1.99. The van der Waals surface area contributed by atoms with Crippen molar-refractivity contribution in [3.63, 3.8) is 0 Å². The minimum absolute atomic E-state index is 0.0489. The zero-order chi connectivity index (χ0) is 14.9. The van der Waals surface area contributed by atoms with Gasteiger partial charge in [0.25, 0.3) is 0 Å². The van der Waals surface area contributed by atoms with E-state index in [1.807, 2.05) is 36.4 Å². The summed E-state index contributed by atoms with van der Waals surface area (Å²) in [7, 11) is 0. The van der Waals surface area contributed by atoms with Crippen LogP contribution in [0.25, 0.3) is 23.1 Å². The number of hydrogen-bond acceptors (Lipinski definition) is 4. The molecule has 0 bridgehead atoms. The summed E-state index contributed by atoms with van der Waals surface area (Å²) in [6, 6.07) is 14.4. The molecular formula is C18H12O4. The van der Waals surface area contributed by atoms with Gasteiger partial charge in [-0.05, 0) is 35.9 Å². The predicted molar refractivity (Wildman–Crippen MR) is 84.0 cm³/mol. The molecule has 0 spiro atoms. The van der Waals surface area contributed by atoms with Gasteiger partial charge in [0.05, 0.1) is 5.39 Å². The third-order valence-electron chi connectivity index (χ3n) is 3.49. The maximum Gasteiger partial charge on any atom is 0.231 e. The Hall–Kier alpha value is -3.01. The van der Waals surface area contributed by atoms with Crippen molar-refractivity contribution in [1.82, 2.24) is 0 Å². The van der Waals surface area contributed by atoms with Crippen molar-refractivity contribution in [2.75, 3.05) is 6.79 Å². The zero-order valence-electron chi connectivity index (χ0n) is 11.6. The van der Waals surface area contributed by atoms with Crippen LogP contribution in [0.15, 0.2) is 57.7 Å². The molecule has 3 aromatic rings. The van der Waals surface area contributed by atoms with Crippen molar-refractivity contribution >= 4 is 23.1 Å². The normalized spacial score (nSPS) is 13.1. The van der Waals surface area contributed by atoms with Crippen molar-refractivity contribution in [2.24, 2.45) is 0 Å². The Bertz CT molecular complexity index is 937. The molecule has 0 N–H and O–H groups in total. The molecule has 2 aromatic carbocycles. The van der Waals surface area contributed by atoms with Gasteiger partial charge in [0.15, 0.2) is 16.9 Å². The quantitative estimate of drug-likeness (QED) is 0.722. The van der Waals surface area contributed by atoms with Gasteiger partial charge in [0.1, 0.15) is 11.3 Å². The van der Waals surface area contributed by atoms with Crippen LogP contribution in [-0.4, -0.2) is 6.79 Å². The zero-order valence-corrected chi connectivity index (χ0v) is 11.6. The molecule has 0 amide bonds. The van der Waals surface area contributed by atoms with E-state index in [0.717, 1.165) is 17.1 Å². The number of hydrogen-bond donors (Lipinski definition) is 0. The van der Waals surface area contributed by atoms with Gasteiger partial charge in [0.2, 0.25) is 6.79 Å². The molecule has 0 saturated carbocycles. The number of fused-ring (bicyclic) bond motifs is 2. The number of ether oxygens (including phenoxy) is 2. The van der Waals surface area contributed by atoms with Crippen LogP contribution >= 0.6 is 0 Å². The highest BCUT2D eigenvalue weighted by Crippen LogP contribution is 2.32. The summed E-state index contributed by atoms with van der Waals surface area (Å²) in [5, 5.41) is 0.586. The van der Waals surface area contributed by atoms with E-state index in [-0.39, 0.29) is 12.2 Å². The largest absolute Gasteiger partial charge is 0.456 e. The second-order valence-electron chi connectivity index (χ2n) is 4.96. The Morgan fingerprint density at radius 3 is 2.73 bits per heavy atom. The molecule has 0 radical (unpaired) electrons. The smallest absolute Gasteiger partial charge is 0.231 e. The van der Waals surface area contributed by atoms with Gasteiger partial charge in [-0.3, -0.25) is 4.79 Å². The van der Waals surface area contributed by atoms with Crippen molar-refractivity contribution in [3.05, 3.63) is 70.1 Å². The van der Waals surface area contributed by atoms with Gasteiger partial charge in [-0.25, -0.2) is 0 Å². The summed E-state index contributed by atoms with van der Waals surface area (Å²) >= 11 is 0. The van der Waals surface area contributed by atoms with Crippen LogP contribution in [0.2, 0.25) is 0 Å². The Morgan fingerprint density at radius 2 is 1.77 bits per heavy atom. The molecule has 4 rings (SSSR count). The van der Waals surface area contributed by atoms with Crippen LogP contribution < -0.4 is 14.9 Å². The molecule has 0 saturated heterocycles. The summed E-state index contributed by atoms with van der Waals surface area (Å²) in [5.74, 6) is 1.98. The van der Waals surface area contributed by atoms with E-state index in [1.54, 1.807) is 18.2 Å². The van der Waals surface area contributed by atoms with Gasteiger partial charge < -0.3 is 13.9 Å². The maximum atomic E-state index is 12.0. The molecular weight excluding hydrogens is 280 g/mol. The standard InChI is InChI=1S/C18H12O4/c19-15-10-13(22-16-4-2-1-3-14(15)16)7-5-12-6-8-17-18(9-12)21-11-20-17/h1-10H,11H2/b7-5+. The van der Waals surface area contributed by atoms with E-state index in [1.165, 1.54) is 6.07 Å². The lowest BCUT2D eigenvalue weighted by Crippen LogP contribution is -1.99. The topological polar surface area (TPSA) is 48.7 Å². The summed E-state index contributed by atoms with van der Waals surface area (Å²) in [6.45, 7) is 0.252. The summed E-state index contributed by atoms with van der Waals surface area (Å²) < 4.78 is 16.3. The first-order valence-corrected chi connectivity index (χ1v) is 6.90. The van der Waals surface area contributed by atoms with Gasteiger partial charge >= 0.3 is 0 Å². The summed E-state index contributed by atoms with van der Waals surface area (Å²) in [5.41, 5.74) is 1.48. The Labute approximate surface area is 126 Å². The average Bonchev–Trinajstić information content (AvgIpc) is 3.00. The van der Waals surface area contributed by atoms with Crippen LogP contribution in [0, 0.1) is 0 Å². The molecule has 1 aliphatic rings. The molecule has 4 nitrogen and oxygen atoms in total. The summed E-state index contributed by atoms with van der Waals surface area (Å²) in [4.78, 5) is 12.0. The van der Waals surface area contributed by atoms with Crippen molar-refractivity contribution in [3.8, 4) is 11.5 Å². The SMILES string of the molecule is O=c1cc(/C=C/c2ccc3c(c2)OCO3)oc2ccccc12. The van der Waals surface area contributed by atoms with Crippen LogP contribution in [0.3, 0.4) is 0 Å². The van der Waals surface area contributed by atoms with E-state index >= 15 is 0 Å². The molecule has 1 aromatic heterocycles. The Kier molecular flexibility index (Phi) is 2.93. The fraction of sp³-hybridized carbons (Fsp3) is 0.0556. The Balaban J connectivity index is 1.69. The lowest BCUT2D eigenvalue weighted by atomic mass is 10.1. The highest BCUT2D eigenvalue weighted by atomic mass is 16.7. The first-order valence-electron chi connectivity index (χ1n) is 6.90. The van der Waals surface area contributed by atoms with Crippen LogP contribution in [0.1, 0.15) is 11.3 Å². The molecule has 0 atom stereocenters. The van der Waals surface area contributed by atoms with Crippen molar-refractivity contribution in [1.29, 1.82) is 0 Å². The van der Waals surface area contributed by atoms with E-state index in [0.29, 0.717) is 16.7 Å². The van der Waals surface area contributed by atoms with Gasteiger partial charge in [-0.15, -0.1) is 0 Å². The van der Waals surface area contributed by atoms with E-state index < -0.39 is 0 Å². The number of para-hydroxylation sites is 1. The molecule has 4 heteroatoms. The molecule has 0 aliphatic carbocycles. The van der Waals surface area contributed by atoms with Crippen LogP contribution in [0.4, 0.5) is 0 Å². The van der Waals surface area contributed by atoms with Gasteiger partial charge in [0, 0.05) is 6.07 Å². The predicted octanol–water partition coefficient (Wildman–Crippen LogP) is 3.69. The minimum Gasteiger partial charge on any atom is -0.456 e. The second kappa shape index (κ2) is 5.07. The molecule has 0 fully saturated rings. The molecule has 108 valence electrons. The molecule has 2 heterocycles. The average molecular weight is 292 g/mol. The van der Waals surface area contributed by atoms with Crippen LogP contribution in [-0.2, 0) is 0 Å². The van der Waals surface area contributed by atoms with Crippen LogP contribution in [0.5, 0.6) is 11.5 Å². The third kappa shape index (κ3) is 2.24. The monoisotopic (exact) mass is 292 g/mol. The fourth-order valence-electron chi connectivity index (χ4n) is 2.40. The fourth-order valence-corrected chi connectivity index (χ4v) is 2.40. The van der Waals surface area contributed by atoms with E-state index in [4.69, 9.17) is 13.9 Å². The van der Waals surface area contributed by atoms with E-state index in [9.17, 15) is 4.79 Å². The Morgan fingerprint density at radius 1 is 0.909 bits per heavy atom. The van der Waals surface area contributed by atoms with Crippen molar-refractivity contribution in [2.45, 2.75) is 0 Å². The summed E-state index contributed by atoms with van der Waals surface area (Å²) in [6.07, 6.45) is 3.64. The first-order chi connectivity index (χ1) is 10.8. The van der Waals surface area contributed by atoms with Crippen molar-refractivity contribution < 1.29 is 13.9 Å². The number of benzene rings is 2. The number of rotatable bonds is 2. The third-order valence-corrected chi connectivity index (χ3v) is 3.49. The highest BCUT2D eigenvalue weighted by Gasteiger charge is 2.12. The molecule has 22 heavy (non-hydrogen) atoms. The molecule has 0 unspecified atom stereocenters. The highest BCUT2D eigenvalue weighted by molar-refractivity contribution is 5.78.